The molecule has 78 valence electrons. The quantitative estimate of drug-likeness (QED) is 0.799. The van der Waals surface area contributed by atoms with E-state index in [-0.39, 0.29) is 5.82 Å². The number of hydrogen-bond donors (Lipinski definition) is 1. The minimum absolute atomic E-state index is 0.294. The SMILES string of the molecule is Cn1nncc1-c1cc(CN)ccc1F. The molecule has 0 fully saturated rings. The maximum atomic E-state index is 13.5. The molecule has 5 heteroatoms. The Morgan fingerprint density at radius 3 is 2.87 bits per heavy atom. The van der Waals surface area contributed by atoms with Gasteiger partial charge in [-0.1, -0.05) is 11.3 Å². The molecule has 0 saturated carbocycles. The summed E-state index contributed by atoms with van der Waals surface area (Å²) in [5.74, 6) is -0.294. The van der Waals surface area contributed by atoms with Crippen molar-refractivity contribution in [2.75, 3.05) is 0 Å². The molecule has 0 bridgehead atoms. The van der Waals surface area contributed by atoms with Crippen molar-refractivity contribution in [3.63, 3.8) is 0 Å². The molecular weight excluding hydrogens is 195 g/mol. The highest BCUT2D eigenvalue weighted by atomic mass is 19.1. The van der Waals surface area contributed by atoms with Gasteiger partial charge in [-0.15, -0.1) is 5.10 Å². The van der Waals surface area contributed by atoms with Crippen LogP contribution in [0.2, 0.25) is 0 Å². The van der Waals surface area contributed by atoms with Crippen LogP contribution in [0.25, 0.3) is 11.3 Å². The fourth-order valence-corrected chi connectivity index (χ4v) is 1.43. The number of benzene rings is 1. The fourth-order valence-electron chi connectivity index (χ4n) is 1.43. The van der Waals surface area contributed by atoms with Crippen LogP contribution in [-0.4, -0.2) is 15.0 Å². The van der Waals surface area contributed by atoms with Crippen LogP contribution in [0.5, 0.6) is 0 Å². The van der Waals surface area contributed by atoms with Crippen LogP contribution >= 0.6 is 0 Å². The molecule has 0 unspecified atom stereocenters. The van der Waals surface area contributed by atoms with E-state index in [0.717, 1.165) is 5.56 Å². The highest BCUT2D eigenvalue weighted by Crippen LogP contribution is 2.22. The molecule has 1 aromatic carbocycles. The molecule has 2 rings (SSSR count). The second-order valence-electron chi connectivity index (χ2n) is 3.26. The first-order chi connectivity index (χ1) is 7.22. The smallest absolute Gasteiger partial charge is 0.132 e. The van der Waals surface area contributed by atoms with Crippen LogP contribution < -0.4 is 5.73 Å². The number of halogens is 1. The summed E-state index contributed by atoms with van der Waals surface area (Å²) in [4.78, 5) is 0. The zero-order valence-corrected chi connectivity index (χ0v) is 8.31. The molecule has 0 saturated heterocycles. The Kier molecular flexibility index (Phi) is 2.47. The standard InChI is InChI=1S/C10H11FN4/c1-15-10(6-13-14-15)8-4-7(5-12)2-3-9(8)11/h2-4,6H,5,12H2,1H3. The van der Waals surface area contributed by atoms with Gasteiger partial charge in [0.1, 0.15) is 5.82 Å². The van der Waals surface area contributed by atoms with E-state index >= 15 is 0 Å². The van der Waals surface area contributed by atoms with Gasteiger partial charge in [0, 0.05) is 19.2 Å². The van der Waals surface area contributed by atoms with Crippen molar-refractivity contribution >= 4 is 0 Å². The molecule has 1 aromatic heterocycles. The lowest BCUT2D eigenvalue weighted by molar-refractivity contribution is 0.626. The van der Waals surface area contributed by atoms with Gasteiger partial charge in [-0.05, 0) is 17.7 Å². The summed E-state index contributed by atoms with van der Waals surface area (Å²) in [5.41, 5.74) is 7.50. The molecule has 0 aliphatic carbocycles. The molecule has 2 N–H and O–H groups in total. The van der Waals surface area contributed by atoms with Gasteiger partial charge in [0.25, 0.3) is 0 Å². The second-order valence-corrected chi connectivity index (χ2v) is 3.26. The Labute approximate surface area is 86.5 Å². The summed E-state index contributed by atoms with van der Waals surface area (Å²) < 4.78 is 15.1. The number of hydrogen-bond acceptors (Lipinski definition) is 3. The Morgan fingerprint density at radius 2 is 2.27 bits per heavy atom. The molecule has 4 nitrogen and oxygen atoms in total. The van der Waals surface area contributed by atoms with Crippen molar-refractivity contribution in [1.82, 2.24) is 15.0 Å². The first kappa shape index (κ1) is 9.79. The zero-order chi connectivity index (χ0) is 10.8. The van der Waals surface area contributed by atoms with E-state index in [2.05, 4.69) is 10.3 Å². The van der Waals surface area contributed by atoms with Gasteiger partial charge in [-0.3, -0.25) is 0 Å². The van der Waals surface area contributed by atoms with Crippen LogP contribution in [-0.2, 0) is 13.6 Å². The Bertz CT molecular complexity index is 478. The Hall–Kier alpha value is -1.75. The van der Waals surface area contributed by atoms with Crippen LogP contribution in [0.1, 0.15) is 5.56 Å². The van der Waals surface area contributed by atoms with E-state index in [4.69, 9.17) is 5.73 Å². The number of nitrogens with zero attached hydrogens (tertiary/aromatic N) is 3. The summed E-state index contributed by atoms with van der Waals surface area (Å²) in [7, 11) is 1.72. The van der Waals surface area contributed by atoms with E-state index in [1.54, 1.807) is 19.2 Å². The predicted molar refractivity (Wildman–Crippen MR) is 54.3 cm³/mol. The summed E-state index contributed by atoms with van der Waals surface area (Å²) in [6.07, 6.45) is 1.53. The predicted octanol–water partition coefficient (Wildman–Crippen LogP) is 1.08. The van der Waals surface area contributed by atoms with Crippen molar-refractivity contribution < 1.29 is 4.39 Å². The highest BCUT2D eigenvalue weighted by molar-refractivity contribution is 5.60. The number of rotatable bonds is 2. The molecule has 1 heterocycles. The van der Waals surface area contributed by atoms with Gasteiger partial charge in [0.05, 0.1) is 11.9 Å². The Morgan fingerprint density at radius 1 is 1.47 bits per heavy atom. The molecule has 0 atom stereocenters. The van der Waals surface area contributed by atoms with Gasteiger partial charge in [0.2, 0.25) is 0 Å². The zero-order valence-electron chi connectivity index (χ0n) is 8.31. The largest absolute Gasteiger partial charge is 0.326 e. The van der Waals surface area contributed by atoms with Crippen LogP contribution in [0.4, 0.5) is 4.39 Å². The lowest BCUT2D eigenvalue weighted by Gasteiger charge is -2.04. The first-order valence-electron chi connectivity index (χ1n) is 4.56. The van der Waals surface area contributed by atoms with Crippen molar-refractivity contribution in [3.8, 4) is 11.3 Å². The fraction of sp³-hybridized carbons (Fsp3) is 0.200. The number of aromatic nitrogens is 3. The molecule has 0 aliphatic heterocycles. The molecular formula is C10H11FN4. The minimum Gasteiger partial charge on any atom is -0.326 e. The van der Waals surface area contributed by atoms with Crippen molar-refractivity contribution in [2.24, 2.45) is 12.8 Å². The molecule has 0 amide bonds. The normalized spacial score (nSPS) is 10.6. The highest BCUT2D eigenvalue weighted by Gasteiger charge is 2.09. The lowest BCUT2D eigenvalue weighted by atomic mass is 10.1. The van der Waals surface area contributed by atoms with E-state index in [0.29, 0.717) is 17.8 Å². The maximum absolute atomic E-state index is 13.5. The molecule has 0 radical (unpaired) electrons. The van der Waals surface area contributed by atoms with E-state index < -0.39 is 0 Å². The molecule has 15 heavy (non-hydrogen) atoms. The summed E-state index contributed by atoms with van der Waals surface area (Å²) >= 11 is 0. The van der Waals surface area contributed by atoms with Crippen molar-refractivity contribution in [3.05, 3.63) is 35.8 Å². The average molecular weight is 206 g/mol. The third-order valence-corrected chi connectivity index (χ3v) is 2.26. The van der Waals surface area contributed by atoms with Crippen LogP contribution in [0.3, 0.4) is 0 Å². The Balaban J connectivity index is 2.56. The summed E-state index contributed by atoms with van der Waals surface area (Å²) in [5, 5.41) is 7.47. The minimum atomic E-state index is -0.294. The van der Waals surface area contributed by atoms with Gasteiger partial charge in [-0.25, -0.2) is 9.07 Å². The average Bonchev–Trinajstić information content (AvgIpc) is 2.65. The summed E-state index contributed by atoms with van der Waals surface area (Å²) in [6, 6.07) is 4.79. The van der Waals surface area contributed by atoms with Crippen molar-refractivity contribution in [2.45, 2.75) is 6.54 Å². The number of nitrogens with two attached hydrogens (primary N) is 1. The van der Waals surface area contributed by atoms with Crippen molar-refractivity contribution in [1.29, 1.82) is 0 Å². The monoisotopic (exact) mass is 206 g/mol. The summed E-state index contributed by atoms with van der Waals surface area (Å²) in [6.45, 7) is 0.387. The third-order valence-electron chi connectivity index (χ3n) is 2.26. The topological polar surface area (TPSA) is 56.7 Å². The van der Waals surface area contributed by atoms with Gasteiger partial charge in [-0.2, -0.15) is 0 Å². The second kappa shape index (κ2) is 3.78. The van der Waals surface area contributed by atoms with Crippen LogP contribution in [0, 0.1) is 5.82 Å². The van der Waals surface area contributed by atoms with Gasteiger partial charge >= 0.3 is 0 Å². The third kappa shape index (κ3) is 1.73. The first-order valence-corrected chi connectivity index (χ1v) is 4.56. The van der Waals surface area contributed by atoms with Gasteiger partial charge < -0.3 is 5.73 Å². The molecule has 2 aromatic rings. The van der Waals surface area contributed by atoms with E-state index in [1.807, 2.05) is 0 Å². The lowest BCUT2D eigenvalue weighted by Crippen LogP contribution is -2.00. The maximum Gasteiger partial charge on any atom is 0.132 e. The van der Waals surface area contributed by atoms with Gasteiger partial charge in [0.15, 0.2) is 0 Å². The molecule has 0 aliphatic rings. The molecule has 0 spiro atoms. The van der Waals surface area contributed by atoms with E-state index in [1.165, 1.54) is 16.9 Å². The number of aryl methyl sites for hydroxylation is 1. The van der Waals surface area contributed by atoms with E-state index in [9.17, 15) is 4.39 Å². The van der Waals surface area contributed by atoms with Crippen LogP contribution in [0.15, 0.2) is 24.4 Å².